The van der Waals surface area contributed by atoms with Crippen LogP contribution in [0.4, 0.5) is 18.9 Å². The number of fused-ring (bicyclic) bond motifs is 5. The Morgan fingerprint density at radius 1 is 0.492 bits per heavy atom. The fourth-order valence-corrected chi connectivity index (χ4v) is 16.3. The molecule has 18 rings (SSSR count). The molecule has 22 nitrogen and oxygen atoms in total. The van der Waals surface area contributed by atoms with E-state index < -0.39 is 53.2 Å². The molecule has 0 bridgehead atoms. The quantitative estimate of drug-likeness (QED) is 0.0764. The zero-order valence-electron chi connectivity index (χ0n) is 68.0. The van der Waals surface area contributed by atoms with Crippen molar-refractivity contribution in [3.63, 3.8) is 0 Å². The number of aryl methyl sites for hydroxylation is 3. The number of pyridine rings is 6. The minimum Gasteiger partial charge on any atom is -0.493 e. The van der Waals surface area contributed by atoms with Crippen molar-refractivity contribution in [1.82, 2.24) is 39.4 Å². The maximum absolute atomic E-state index is 13.7. The molecule has 0 unspecified atom stereocenters. The Morgan fingerprint density at radius 2 is 0.950 bits per heavy atom. The van der Waals surface area contributed by atoms with Gasteiger partial charge in [-0.1, -0.05) is 29.5 Å². The van der Waals surface area contributed by atoms with E-state index in [-0.39, 0.29) is 16.9 Å². The van der Waals surface area contributed by atoms with Crippen LogP contribution in [0, 0.1) is 20.8 Å². The summed E-state index contributed by atoms with van der Waals surface area (Å²) in [6.45, 7) is 21.9. The van der Waals surface area contributed by atoms with Crippen LogP contribution in [0.15, 0.2) is 200 Å². The number of Topliss-reactive ketones (excluding diaryl/α,β-unsaturated/α-hetero) is 1. The number of hydrogen-bond donors (Lipinski definition) is 3. The number of nitrogens with zero attached hydrogens (tertiary/aromatic N) is 8. The summed E-state index contributed by atoms with van der Waals surface area (Å²) in [7, 11) is 0. The van der Waals surface area contributed by atoms with E-state index >= 15 is 0 Å². The Labute approximate surface area is 687 Å². The summed E-state index contributed by atoms with van der Waals surface area (Å²) < 4.78 is 86.3. The first-order chi connectivity index (χ1) is 57.3. The zero-order chi connectivity index (χ0) is 84.6. The van der Waals surface area contributed by atoms with Crippen molar-refractivity contribution in [2.24, 2.45) is 0 Å². The molecule has 3 N–H and O–H groups in total. The molecule has 0 fully saturated rings. The molecule has 120 heavy (non-hydrogen) atoms. The van der Waals surface area contributed by atoms with Crippen molar-refractivity contribution < 1.29 is 70.9 Å². The summed E-state index contributed by atoms with van der Waals surface area (Å²) in [5.74, 6) is 0.916. The number of ketones is 1. The van der Waals surface area contributed by atoms with Gasteiger partial charge in [0.05, 0.1) is 81.5 Å². The predicted octanol–water partition coefficient (Wildman–Crippen LogP) is 20.0. The van der Waals surface area contributed by atoms with Crippen LogP contribution in [0.1, 0.15) is 131 Å². The summed E-state index contributed by atoms with van der Waals surface area (Å²) in [6.07, 6.45) is 2.18. The largest absolute Gasteiger partial charge is 0.493 e. The lowest BCUT2D eigenvalue weighted by Gasteiger charge is -2.32. The average Bonchev–Trinajstić information content (AvgIpc) is 0.915. The van der Waals surface area contributed by atoms with Crippen molar-refractivity contribution in [2.45, 2.75) is 144 Å². The van der Waals surface area contributed by atoms with Crippen LogP contribution in [0.2, 0.25) is 0 Å². The van der Waals surface area contributed by atoms with E-state index in [0.717, 1.165) is 121 Å². The molecular weight excluding hydrogens is 1530 g/mol. The second kappa shape index (κ2) is 31.6. The Kier molecular flexibility index (Phi) is 21.2. The first-order valence-electron chi connectivity index (χ1n) is 39.4. The highest BCUT2D eigenvalue weighted by molar-refractivity contribution is 6.12. The number of benzene rings is 8. The third-order valence-corrected chi connectivity index (χ3v) is 21.7. The van der Waals surface area contributed by atoms with Crippen molar-refractivity contribution >= 4 is 94.3 Å². The first-order valence-corrected chi connectivity index (χ1v) is 39.4. The fourth-order valence-electron chi connectivity index (χ4n) is 16.3. The van der Waals surface area contributed by atoms with E-state index in [1.54, 1.807) is 75.0 Å². The minimum absolute atomic E-state index is 0.0468. The number of rotatable bonds is 17. The van der Waals surface area contributed by atoms with Gasteiger partial charge in [-0.2, -0.15) is 13.2 Å². The molecular formula is C95H86F3N9O13. The number of ether oxygens (including phenoxy) is 7. The summed E-state index contributed by atoms with van der Waals surface area (Å²) in [4.78, 5) is 70.6. The highest BCUT2D eigenvalue weighted by atomic mass is 19.4. The smallest absolute Gasteiger partial charge is 0.416 e. The van der Waals surface area contributed by atoms with Crippen molar-refractivity contribution in [3.8, 4) is 62.1 Å². The monoisotopic (exact) mass is 1620 g/mol. The number of carboxylic acids is 2. The molecule has 610 valence electrons. The lowest BCUT2D eigenvalue weighted by atomic mass is 9.85. The topological polar surface area (TPSA) is 272 Å². The normalized spacial score (nSPS) is 14.0. The maximum atomic E-state index is 13.7. The van der Waals surface area contributed by atoms with Crippen LogP contribution in [0.3, 0.4) is 0 Å². The van der Waals surface area contributed by atoms with Gasteiger partial charge in [0, 0.05) is 110 Å². The number of carbonyl (C=O) groups is 3. The average molecular weight is 1620 g/mol. The second-order valence-corrected chi connectivity index (χ2v) is 32.6. The number of halogens is 3. The van der Waals surface area contributed by atoms with Gasteiger partial charge in [-0.15, -0.1) is 5.10 Å². The van der Waals surface area contributed by atoms with Crippen LogP contribution >= 0.6 is 0 Å². The summed E-state index contributed by atoms with van der Waals surface area (Å²) in [6, 6.07) is 50.5. The van der Waals surface area contributed by atoms with Gasteiger partial charge in [0.15, 0.2) is 23.6 Å². The Morgan fingerprint density at radius 3 is 1.45 bits per heavy atom. The van der Waals surface area contributed by atoms with Gasteiger partial charge in [-0.3, -0.25) is 35.0 Å². The van der Waals surface area contributed by atoms with Crippen molar-refractivity contribution in [2.75, 3.05) is 25.2 Å². The number of anilines is 1. The van der Waals surface area contributed by atoms with E-state index in [1.165, 1.54) is 16.3 Å². The highest BCUT2D eigenvalue weighted by Gasteiger charge is 2.52. The number of aromatic nitrogens is 8. The molecule has 25 heteroatoms. The molecule has 15 aromatic rings. The minimum atomic E-state index is -4.79. The lowest BCUT2D eigenvalue weighted by Crippen LogP contribution is -2.44. The molecule has 0 saturated heterocycles. The molecule has 8 aromatic carbocycles. The molecule has 3 aliphatic heterocycles. The third kappa shape index (κ3) is 15.4. The van der Waals surface area contributed by atoms with Gasteiger partial charge in [-0.05, 0) is 272 Å². The van der Waals surface area contributed by atoms with Gasteiger partial charge in [0.25, 0.3) is 5.56 Å². The van der Waals surface area contributed by atoms with E-state index in [0.29, 0.717) is 110 Å². The van der Waals surface area contributed by atoms with Gasteiger partial charge in [-0.25, -0.2) is 18.8 Å². The number of para-hydroxylation sites is 1. The van der Waals surface area contributed by atoms with Gasteiger partial charge in [0.2, 0.25) is 0 Å². The van der Waals surface area contributed by atoms with E-state index in [4.69, 9.17) is 43.1 Å². The van der Waals surface area contributed by atoms with Crippen molar-refractivity contribution in [3.05, 3.63) is 255 Å². The standard InChI is InChI=1S/C39H35N3O6.C29H28N4O3.C27H23F3N2O4/c1-23-22-30-28(15-17-32(43)42(30)41-25-10-12-27(13-11-25)47-26-8-6-5-7-9-26)35(33(23)37(38(44)45)48-39(2,3)4)29-14-16-31-34-24(19-21-46-31)18-20-40-36(29)34;1-16-14-22-20(7-6-19-15-31-32-33(19)22)26(24(16)28(17(2)34)36-29(3,4)5)21-8-9-23-25-18(11-13-35-23)10-12-30-27(21)25;1-14-13-18-16(5-4-10-31-18)22(20(14)24(25(33)34)36-26(2,3)27(28,29)30)17-6-7-19-21-15(9-12-35-19)8-11-32-23(17)21/h5-18,20,22,37,41H,19,21H2,1-4H3,(H,44,45);6-10,12,14-15,28H,11,13H2,1-5H3;4-8,10-11,13,24H,9,12H2,1-3H3,(H,33,34)/t37-;28-;24-/m010/s1. The zero-order valence-corrected chi connectivity index (χ0v) is 68.0. The number of carboxylic acid groups (broad SMARTS) is 2. The molecule has 0 spiro atoms. The molecule has 10 heterocycles. The number of carbonyl (C=O) groups excluding carboxylic acids is 1. The van der Waals surface area contributed by atoms with E-state index in [1.807, 2.05) is 163 Å². The Balaban J connectivity index is 0.000000136. The molecule has 3 atom stereocenters. The summed E-state index contributed by atoms with van der Waals surface area (Å²) >= 11 is 0. The third-order valence-electron chi connectivity index (χ3n) is 21.7. The van der Waals surface area contributed by atoms with Crippen LogP contribution in [0.25, 0.3) is 104 Å². The molecule has 0 amide bonds. The summed E-state index contributed by atoms with van der Waals surface area (Å²) in [5.41, 5.74) is 15.8. The molecule has 7 aromatic heterocycles. The molecule has 0 radical (unpaired) electrons. The van der Waals surface area contributed by atoms with Gasteiger partial charge in [0.1, 0.15) is 34.9 Å². The van der Waals surface area contributed by atoms with Gasteiger partial charge < -0.3 is 43.4 Å². The van der Waals surface area contributed by atoms with Crippen LogP contribution in [-0.2, 0) is 47.9 Å². The number of aliphatic carboxylic acids is 2. The van der Waals surface area contributed by atoms with Gasteiger partial charge >= 0.3 is 18.1 Å². The van der Waals surface area contributed by atoms with Crippen LogP contribution < -0.4 is 29.9 Å². The van der Waals surface area contributed by atoms with Crippen LogP contribution in [0.5, 0.6) is 28.7 Å². The number of alkyl halides is 3. The van der Waals surface area contributed by atoms with E-state index in [2.05, 4.69) is 50.0 Å². The predicted molar refractivity (Wildman–Crippen MR) is 454 cm³/mol. The molecule has 3 aliphatic rings. The lowest BCUT2D eigenvalue weighted by molar-refractivity contribution is -0.277. The first kappa shape index (κ1) is 80.6. The maximum Gasteiger partial charge on any atom is 0.416 e. The Hall–Kier alpha value is -13.2. The summed E-state index contributed by atoms with van der Waals surface area (Å²) in [5, 5.41) is 34.1. The number of hydrogen-bond acceptors (Lipinski definition) is 18. The second-order valence-electron chi connectivity index (χ2n) is 32.6. The molecule has 0 saturated carbocycles. The number of nitrogens with one attached hydrogen (secondary N) is 1. The Bertz CT molecular complexity index is 6670. The SMILES string of the molecule is CC(=O)[C@@H](OC(C)(C)C)c1c(C)cc2c(ccc3cnnn32)c1-c1ccc2c3c(ccnc13)CCO2.Cc1cc2c(ccc(=O)n2Nc2ccc(Oc3ccccc3)cc2)c(-c2ccc3c4c(ccnc24)CCO3)c1[C@H](OC(C)(C)C)C(=O)O.Cc1cc2ncccc2c(-c2ccc3c4c(ccnc24)CCO3)c1[C@H](OC(C)(C)C(F)(F)F)C(=O)O. The molecule has 0 aliphatic carbocycles. The van der Waals surface area contributed by atoms with Crippen molar-refractivity contribution in [1.29, 1.82) is 0 Å². The van der Waals surface area contributed by atoms with Crippen LogP contribution in [-0.4, -0.2) is 110 Å². The van der Waals surface area contributed by atoms with E-state index in [9.17, 15) is 42.6 Å². The fraction of sp³-hybridized carbons (Fsp3) is 0.263. The highest BCUT2D eigenvalue weighted by Crippen LogP contribution is 2.51.